The van der Waals surface area contributed by atoms with Crippen LogP contribution in [0.15, 0.2) is 23.1 Å². The second-order valence-corrected chi connectivity index (χ2v) is 5.84. The molecule has 0 aliphatic rings. The maximum atomic E-state index is 11.8. The molecule has 0 spiro atoms. The Morgan fingerprint density at radius 3 is 2.59 bits per heavy atom. The molecule has 96 valence electrons. The van der Waals surface area contributed by atoms with Gasteiger partial charge in [0.1, 0.15) is 4.90 Å². The summed E-state index contributed by atoms with van der Waals surface area (Å²) in [7, 11) is -3.86. The van der Waals surface area contributed by atoms with E-state index in [-0.39, 0.29) is 21.5 Å². The average Bonchev–Trinajstić information content (AvgIpc) is 2.29. The van der Waals surface area contributed by atoms with E-state index in [0.717, 1.165) is 0 Å². The molecule has 1 atom stereocenters. The lowest BCUT2D eigenvalue weighted by molar-refractivity contribution is 0.0988. The molecule has 0 saturated heterocycles. The van der Waals surface area contributed by atoms with Gasteiger partial charge in [-0.2, -0.15) is 0 Å². The third-order valence-electron chi connectivity index (χ3n) is 1.90. The van der Waals surface area contributed by atoms with Gasteiger partial charge >= 0.3 is 0 Å². The Morgan fingerprint density at radius 1 is 1.35 bits per heavy atom. The van der Waals surface area contributed by atoms with Gasteiger partial charge in [0.2, 0.25) is 10.0 Å². The molecule has 0 bridgehead atoms. The fourth-order valence-electron chi connectivity index (χ4n) is 1.03. The van der Waals surface area contributed by atoms with E-state index in [1.54, 1.807) is 0 Å². The summed E-state index contributed by atoms with van der Waals surface area (Å²) in [5, 5.41) is 17.9. The Kier molecular flexibility index (Phi) is 5.18. The second kappa shape index (κ2) is 5.99. The van der Waals surface area contributed by atoms with Crippen molar-refractivity contribution >= 4 is 33.2 Å². The molecule has 1 rings (SSSR count). The van der Waals surface area contributed by atoms with Crippen molar-refractivity contribution in [3.8, 4) is 0 Å². The maximum Gasteiger partial charge on any atom is 0.242 e. The number of aliphatic hydroxyl groups is 2. The van der Waals surface area contributed by atoms with Gasteiger partial charge in [-0.15, -0.1) is 0 Å². The number of rotatable bonds is 5. The van der Waals surface area contributed by atoms with Crippen molar-refractivity contribution in [2.75, 3.05) is 13.2 Å². The summed E-state index contributed by atoms with van der Waals surface area (Å²) < 4.78 is 25.7. The SMILES string of the molecule is O=S(=O)(NCC(O)CO)c1cc(Cl)ccc1Cl. The first kappa shape index (κ1) is 14.7. The van der Waals surface area contributed by atoms with Crippen molar-refractivity contribution in [1.82, 2.24) is 4.72 Å². The molecule has 1 unspecified atom stereocenters. The lowest BCUT2D eigenvalue weighted by Crippen LogP contribution is -2.34. The van der Waals surface area contributed by atoms with E-state index in [2.05, 4.69) is 4.72 Å². The summed E-state index contributed by atoms with van der Waals surface area (Å²) in [4.78, 5) is -0.170. The lowest BCUT2D eigenvalue weighted by Gasteiger charge is -2.11. The molecule has 0 amide bonds. The molecule has 17 heavy (non-hydrogen) atoms. The fraction of sp³-hybridized carbons (Fsp3) is 0.333. The zero-order valence-corrected chi connectivity index (χ0v) is 10.9. The van der Waals surface area contributed by atoms with Gasteiger partial charge in [0.15, 0.2) is 0 Å². The van der Waals surface area contributed by atoms with Crippen LogP contribution < -0.4 is 4.72 Å². The van der Waals surface area contributed by atoms with Crippen LogP contribution in [0.5, 0.6) is 0 Å². The van der Waals surface area contributed by atoms with Crippen LogP contribution in [-0.2, 0) is 10.0 Å². The summed E-state index contributed by atoms with van der Waals surface area (Å²) in [6, 6.07) is 4.03. The number of benzene rings is 1. The van der Waals surface area contributed by atoms with Crippen LogP contribution in [0.2, 0.25) is 10.0 Å². The minimum absolute atomic E-state index is 0.0281. The molecule has 0 fully saturated rings. The molecule has 1 aromatic carbocycles. The van der Waals surface area contributed by atoms with E-state index in [1.807, 2.05) is 0 Å². The van der Waals surface area contributed by atoms with Crippen molar-refractivity contribution < 1.29 is 18.6 Å². The molecule has 8 heteroatoms. The standard InChI is InChI=1S/C9H11Cl2NO4S/c10-6-1-2-8(11)9(3-6)17(15,16)12-4-7(14)5-13/h1-3,7,12-14H,4-5H2. The lowest BCUT2D eigenvalue weighted by atomic mass is 10.4. The van der Waals surface area contributed by atoms with E-state index in [0.29, 0.717) is 0 Å². The zero-order chi connectivity index (χ0) is 13.1. The minimum atomic E-state index is -3.86. The predicted octanol–water partition coefficient (Wildman–Crippen LogP) is 0.625. The van der Waals surface area contributed by atoms with Crippen molar-refractivity contribution in [2.45, 2.75) is 11.0 Å². The van der Waals surface area contributed by atoms with Crippen molar-refractivity contribution in [3.63, 3.8) is 0 Å². The van der Waals surface area contributed by atoms with E-state index < -0.39 is 22.7 Å². The van der Waals surface area contributed by atoms with Gasteiger partial charge < -0.3 is 10.2 Å². The van der Waals surface area contributed by atoms with Gasteiger partial charge in [0.25, 0.3) is 0 Å². The molecular weight excluding hydrogens is 289 g/mol. The molecule has 0 heterocycles. The van der Waals surface area contributed by atoms with Crippen molar-refractivity contribution in [2.24, 2.45) is 0 Å². The van der Waals surface area contributed by atoms with Crippen LogP contribution in [0.3, 0.4) is 0 Å². The molecule has 0 aliphatic carbocycles. The van der Waals surface area contributed by atoms with Gasteiger partial charge in [0.05, 0.1) is 17.7 Å². The van der Waals surface area contributed by atoms with Gasteiger partial charge in [-0.1, -0.05) is 23.2 Å². The van der Waals surface area contributed by atoms with Crippen LogP contribution in [0, 0.1) is 0 Å². The van der Waals surface area contributed by atoms with Crippen molar-refractivity contribution in [1.29, 1.82) is 0 Å². The van der Waals surface area contributed by atoms with Crippen LogP contribution >= 0.6 is 23.2 Å². The Balaban J connectivity index is 2.93. The smallest absolute Gasteiger partial charge is 0.242 e. The third kappa shape index (κ3) is 4.09. The van der Waals surface area contributed by atoms with Crippen LogP contribution in [0.1, 0.15) is 0 Å². The number of hydrogen-bond donors (Lipinski definition) is 3. The molecule has 1 aromatic rings. The second-order valence-electron chi connectivity index (χ2n) is 3.26. The highest BCUT2D eigenvalue weighted by Gasteiger charge is 2.19. The van der Waals surface area contributed by atoms with Gasteiger partial charge in [-0.05, 0) is 18.2 Å². The monoisotopic (exact) mass is 299 g/mol. The fourth-order valence-corrected chi connectivity index (χ4v) is 2.86. The molecule has 0 saturated carbocycles. The topological polar surface area (TPSA) is 86.6 Å². The summed E-state index contributed by atoms with van der Waals surface area (Å²) in [6.45, 7) is -0.840. The first-order valence-corrected chi connectivity index (χ1v) is 6.84. The van der Waals surface area contributed by atoms with E-state index in [4.69, 9.17) is 33.4 Å². The molecule has 0 aliphatic heterocycles. The van der Waals surface area contributed by atoms with Gasteiger partial charge in [-0.3, -0.25) is 0 Å². The molecule has 0 aromatic heterocycles. The number of halogens is 2. The first-order chi connectivity index (χ1) is 7.86. The summed E-state index contributed by atoms with van der Waals surface area (Å²) in [6.07, 6.45) is -1.16. The summed E-state index contributed by atoms with van der Waals surface area (Å²) in [5.74, 6) is 0. The first-order valence-electron chi connectivity index (χ1n) is 4.60. The van der Waals surface area contributed by atoms with Crippen LogP contribution in [-0.4, -0.2) is 37.9 Å². The molecule has 5 nitrogen and oxygen atoms in total. The van der Waals surface area contributed by atoms with Crippen molar-refractivity contribution in [3.05, 3.63) is 28.2 Å². The van der Waals surface area contributed by atoms with Gasteiger partial charge in [0, 0.05) is 11.6 Å². The zero-order valence-electron chi connectivity index (χ0n) is 8.60. The highest BCUT2D eigenvalue weighted by molar-refractivity contribution is 7.89. The van der Waals surface area contributed by atoms with Crippen LogP contribution in [0.25, 0.3) is 0 Å². The predicted molar refractivity (Wildman–Crippen MR) is 64.7 cm³/mol. The highest BCUT2D eigenvalue weighted by atomic mass is 35.5. The Hall–Kier alpha value is -0.370. The van der Waals surface area contributed by atoms with E-state index in [9.17, 15) is 8.42 Å². The largest absolute Gasteiger partial charge is 0.394 e. The number of sulfonamides is 1. The normalized spacial score (nSPS) is 13.6. The third-order valence-corrected chi connectivity index (χ3v) is 4.04. The Bertz CT molecular complexity index is 492. The van der Waals surface area contributed by atoms with Gasteiger partial charge in [-0.25, -0.2) is 13.1 Å². The minimum Gasteiger partial charge on any atom is -0.394 e. The summed E-state index contributed by atoms with van der Waals surface area (Å²) >= 11 is 11.4. The Morgan fingerprint density at radius 2 is 2.00 bits per heavy atom. The number of hydrogen-bond acceptors (Lipinski definition) is 4. The quantitative estimate of drug-likeness (QED) is 0.744. The van der Waals surface area contributed by atoms with E-state index in [1.165, 1.54) is 18.2 Å². The van der Waals surface area contributed by atoms with E-state index >= 15 is 0 Å². The maximum absolute atomic E-state index is 11.8. The molecule has 0 radical (unpaired) electrons. The summed E-state index contributed by atoms with van der Waals surface area (Å²) in [5.41, 5.74) is 0. The highest BCUT2D eigenvalue weighted by Crippen LogP contribution is 2.24. The number of aliphatic hydroxyl groups excluding tert-OH is 2. The molecular formula is C9H11Cl2NO4S. The average molecular weight is 300 g/mol. The Labute approximate surface area is 109 Å². The molecule has 3 N–H and O–H groups in total. The number of nitrogens with one attached hydrogen (secondary N) is 1. The van der Waals surface area contributed by atoms with Crippen LogP contribution in [0.4, 0.5) is 0 Å².